The molecule has 1 aromatic heterocycles. The Bertz CT molecular complexity index is 1270. The van der Waals surface area contributed by atoms with Crippen LogP contribution < -0.4 is 15.8 Å². The van der Waals surface area contributed by atoms with Crippen LogP contribution in [-0.4, -0.2) is 40.7 Å². The van der Waals surface area contributed by atoms with Crippen LogP contribution in [0.1, 0.15) is 66.2 Å². The van der Waals surface area contributed by atoms with E-state index in [-0.39, 0.29) is 17.7 Å². The van der Waals surface area contributed by atoms with Gasteiger partial charge in [-0.1, -0.05) is 31.9 Å². The summed E-state index contributed by atoms with van der Waals surface area (Å²) in [5.41, 5.74) is 10.3. The predicted octanol–water partition coefficient (Wildman–Crippen LogP) is 5.56. The Morgan fingerprint density at radius 1 is 1.13 bits per heavy atom. The number of hydrogen-bond acceptors (Lipinski definition) is 6. The lowest BCUT2D eigenvalue weighted by molar-refractivity contribution is 0.0950. The predicted molar refractivity (Wildman–Crippen MR) is 153 cm³/mol. The number of carbonyl (C=O) groups excluding carboxylic acids is 1. The van der Waals surface area contributed by atoms with Gasteiger partial charge >= 0.3 is 0 Å². The van der Waals surface area contributed by atoms with Gasteiger partial charge in [-0.05, 0) is 61.5 Å². The molecule has 1 saturated carbocycles. The van der Waals surface area contributed by atoms with Crippen molar-refractivity contribution in [3.8, 4) is 5.75 Å². The lowest BCUT2D eigenvalue weighted by Crippen LogP contribution is -2.40. The third-order valence-corrected chi connectivity index (χ3v) is 6.77. The second-order valence-corrected chi connectivity index (χ2v) is 9.97. The summed E-state index contributed by atoms with van der Waals surface area (Å²) in [5.74, 6) is 0.508. The Morgan fingerprint density at radius 3 is 2.47 bits per heavy atom. The molecule has 2 unspecified atom stereocenters. The normalized spacial score (nSPS) is 18.2. The number of ether oxygens (including phenoxy) is 1. The van der Waals surface area contributed by atoms with Crippen LogP contribution in [0.4, 0.5) is 5.69 Å². The molecular formula is C31H37N5O2. The van der Waals surface area contributed by atoms with Gasteiger partial charge in [0.15, 0.2) is 0 Å². The maximum absolute atomic E-state index is 12.7. The molecule has 4 N–H and O–H groups in total. The van der Waals surface area contributed by atoms with Crippen molar-refractivity contribution in [2.45, 2.75) is 57.7 Å². The average molecular weight is 512 g/mol. The van der Waals surface area contributed by atoms with Gasteiger partial charge in [0.25, 0.3) is 5.91 Å². The number of amides is 1. The van der Waals surface area contributed by atoms with Gasteiger partial charge in [0.1, 0.15) is 11.9 Å². The van der Waals surface area contributed by atoms with E-state index in [1.54, 1.807) is 24.4 Å². The number of nitrogens with zero attached hydrogens (tertiary/aromatic N) is 2. The van der Waals surface area contributed by atoms with E-state index in [9.17, 15) is 4.79 Å². The molecule has 7 heteroatoms. The quantitative estimate of drug-likeness (QED) is 0.285. The van der Waals surface area contributed by atoms with Crippen molar-refractivity contribution in [3.05, 3.63) is 102 Å². The van der Waals surface area contributed by atoms with E-state index < -0.39 is 0 Å². The number of nitrogens with one attached hydrogen (secondary N) is 2. The minimum atomic E-state index is -0.248. The monoisotopic (exact) mass is 511 g/mol. The van der Waals surface area contributed by atoms with Gasteiger partial charge in [-0.15, -0.1) is 0 Å². The molecular weight excluding hydrogens is 474 g/mol. The lowest BCUT2D eigenvalue weighted by atomic mass is 9.98. The minimum Gasteiger partial charge on any atom is -0.490 e. The van der Waals surface area contributed by atoms with Gasteiger partial charge in [-0.25, -0.2) is 0 Å². The molecule has 3 aromatic rings. The maximum atomic E-state index is 12.7. The zero-order chi connectivity index (χ0) is 27.1. The Kier molecular flexibility index (Phi) is 8.79. The number of piperidine rings is 1. The molecule has 5 rings (SSSR count). The van der Waals surface area contributed by atoms with Crippen LogP contribution in [0, 0.1) is 5.41 Å². The van der Waals surface area contributed by atoms with Crippen LogP contribution in [0.2, 0.25) is 0 Å². The molecule has 0 radical (unpaired) electrons. The Morgan fingerprint density at radius 2 is 1.84 bits per heavy atom. The molecule has 0 bridgehead atoms. The highest BCUT2D eigenvalue weighted by Crippen LogP contribution is 2.28. The number of hydrogen-bond donors (Lipinski definition) is 3. The van der Waals surface area contributed by atoms with Crippen molar-refractivity contribution in [1.82, 2.24) is 15.2 Å². The van der Waals surface area contributed by atoms with Crippen molar-refractivity contribution < 1.29 is 9.53 Å². The van der Waals surface area contributed by atoms with Gasteiger partial charge in [0.2, 0.25) is 0 Å². The average Bonchev–Trinajstić information content (AvgIpc) is 3.81. The summed E-state index contributed by atoms with van der Waals surface area (Å²) in [4.78, 5) is 19.1. The van der Waals surface area contributed by atoms with Crippen molar-refractivity contribution >= 4 is 17.3 Å². The van der Waals surface area contributed by atoms with Crippen molar-refractivity contribution in [2.24, 2.45) is 0 Å². The first-order valence-electron chi connectivity index (χ1n) is 13.2. The summed E-state index contributed by atoms with van der Waals surface area (Å²) < 4.78 is 6.18. The van der Waals surface area contributed by atoms with Gasteiger partial charge in [0.05, 0.1) is 18.0 Å². The van der Waals surface area contributed by atoms with Crippen LogP contribution in [0.5, 0.6) is 5.75 Å². The second-order valence-electron chi connectivity index (χ2n) is 9.97. The first-order valence-corrected chi connectivity index (χ1v) is 13.2. The zero-order valence-electron chi connectivity index (χ0n) is 22.2. The van der Waals surface area contributed by atoms with Crippen molar-refractivity contribution in [3.63, 3.8) is 0 Å². The highest BCUT2D eigenvalue weighted by atomic mass is 16.5. The van der Waals surface area contributed by atoms with E-state index in [2.05, 4.69) is 35.8 Å². The summed E-state index contributed by atoms with van der Waals surface area (Å²) >= 11 is 0. The molecule has 2 aliphatic rings. The molecule has 2 atom stereocenters. The molecule has 1 saturated heterocycles. The third-order valence-electron chi connectivity index (χ3n) is 6.77. The van der Waals surface area contributed by atoms with E-state index in [0.29, 0.717) is 35.0 Å². The van der Waals surface area contributed by atoms with Crippen LogP contribution in [0.15, 0.2) is 79.1 Å². The van der Waals surface area contributed by atoms with E-state index >= 15 is 0 Å². The van der Waals surface area contributed by atoms with Gasteiger partial charge in [0, 0.05) is 60.2 Å². The Labute approximate surface area is 225 Å². The number of carbonyl (C=O) groups is 1. The van der Waals surface area contributed by atoms with E-state index in [4.69, 9.17) is 15.9 Å². The molecule has 2 heterocycles. The SMILES string of the molecule is C1CC1.C=C1CC(Oc2ccc(C(=N)c3cc(C(=O)NCc4ccccn4)ccc3N)cc2)CC(C)N1C. The molecule has 2 aromatic carbocycles. The molecule has 38 heavy (non-hydrogen) atoms. The van der Waals surface area contributed by atoms with Crippen LogP contribution in [0.25, 0.3) is 0 Å². The molecule has 0 spiro atoms. The summed E-state index contributed by atoms with van der Waals surface area (Å²) in [6.45, 7) is 6.63. The highest BCUT2D eigenvalue weighted by molar-refractivity contribution is 6.14. The molecule has 1 aliphatic heterocycles. The number of rotatable bonds is 7. The summed E-state index contributed by atoms with van der Waals surface area (Å²) in [6, 6.07) is 18.3. The molecule has 198 valence electrons. The molecule has 1 aliphatic carbocycles. The zero-order valence-corrected chi connectivity index (χ0v) is 22.2. The minimum absolute atomic E-state index is 0.0796. The number of nitrogens with two attached hydrogens (primary N) is 1. The highest BCUT2D eigenvalue weighted by Gasteiger charge is 2.26. The number of nitrogen functional groups attached to an aromatic ring is 1. The third kappa shape index (κ3) is 7.22. The van der Waals surface area contributed by atoms with Crippen LogP contribution >= 0.6 is 0 Å². The first kappa shape index (κ1) is 26.9. The number of anilines is 1. The second kappa shape index (κ2) is 12.4. The van der Waals surface area contributed by atoms with E-state index in [1.165, 1.54) is 19.3 Å². The Balaban J connectivity index is 0.00000105. The lowest BCUT2D eigenvalue weighted by Gasteiger charge is -2.38. The first-order chi connectivity index (χ1) is 18.3. The van der Waals surface area contributed by atoms with E-state index in [1.807, 2.05) is 42.5 Å². The van der Waals surface area contributed by atoms with Crippen molar-refractivity contribution in [2.75, 3.05) is 12.8 Å². The number of likely N-dealkylation sites (tertiary alicyclic amines) is 1. The Hall–Kier alpha value is -4.13. The molecule has 1 amide bonds. The van der Waals surface area contributed by atoms with Crippen LogP contribution in [0.3, 0.4) is 0 Å². The fraction of sp³-hybridized carbons (Fsp3) is 0.323. The summed E-state index contributed by atoms with van der Waals surface area (Å²) in [6.07, 6.45) is 7.99. The fourth-order valence-corrected chi connectivity index (χ4v) is 4.17. The largest absolute Gasteiger partial charge is 0.490 e. The number of benzene rings is 2. The standard InChI is InChI=1S/C28H31N5O2.C3H6/c1-18-14-24(15-19(2)33(18)3)35-23-10-7-20(8-11-23)27(30)25-16-21(9-12-26(25)29)28(34)32-17-22-6-4-5-13-31-22;1-2-3-1/h4-13,16,19,24,30H,1,14-15,17,29H2,2-3H3,(H,32,34);1-3H2. The molecule has 7 nitrogen and oxygen atoms in total. The van der Waals surface area contributed by atoms with Gasteiger partial charge in [-0.2, -0.15) is 0 Å². The van der Waals surface area contributed by atoms with E-state index in [0.717, 1.165) is 30.0 Å². The van der Waals surface area contributed by atoms with Crippen LogP contribution in [-0.2, 0) is 6.54 Å². The van der Waals surface area contributed by atoms with Gasteiger partial charge < -0.3 is 20.7 Å². The molecule has 2 fully saturated rings. The summed E-state index contributed by atoms with van der Waals surface area (Å²) in [5, 5.41) is 11.6. The van der Waals surface area contributed by atoms with Crippen molar-refractivity contribution in [1.29, 1.82) is 5.41 Å². The van der Waals surface area contributed by atoms with Gasteiger partial charge in [-0.3, -0.25) is 15.2 Å². The maximum Gasteiger partial charge on any atom is 0.251 e. The number of pyridine rings is 1. The topological polar surface area (TPSA) is 104 Å². The summed E-state index contributed by atoms with van der Waals surface area (Å²) in [7, 11) is 2.06. The number of aromatic nitrogens is 1. The fourth-order valence-electron chi connectivity index (χ4n) is 4.17. The smallest absolute Gasteiger partial charge is 0.251 e.